The monoisotopic (exact) mass is 310 g/mol. The highest BCUT2D eigenvalue weighted by atomic mass is 79.9. The maximum absolute atomic E-state index is 5.30. The van der Waals surface area contributed by atoms with Gasteiger partial charge in [0.2, 0.25) is 0 Å². The van der Waals surface area contributed by atoms with Crippen LogP contribution in [0.15, 0.2) is 38.5 Å². The molecule has 2 aromatic heterocycles. The van der Waals surface area contributed by atoms with Crippen molar-refractivity contribution in [2.75, 3.05) is 0 Å². The van der Waals surface area contributed by atoms with Crippen molar-refractivity contribution in [3.8, 4) is 0 Å². The number of furan rings is 1. The van der Waals surface area contributed by atoms with Gasteiger partial charge in [-0.15, -0.1) is 0 Å². The molecule has 0 unspecified atom stereocenters. The molecular formula is C12H11BrN2OS. The molecule has 0 radical (unpaired) electrons. The number of hydrogen-bond acceptors (Lipinski definition) is 4. The minimum absolute atomic E-state index is 0.579. The molecule has 88 valence electrons. The Balaban J connectivity index is 1.73. The summed E-state index contributed by atoms with van der Waals surface area (Å²) in [5.74, 6) is 3.33. The first kappa shape index (κ1) is 11.3. The fourth-order valence-electron chi connectivity index (χ4n) is 1.55. The van der Waals surface area contributed by atoms with Gasteiger partial charge < -0.3 is 4.42 Å². The molecule has 0 atom stereocenters. The van der Waals surface area contributed by atoms with E-state index in [0.717, 1.165) is 27.0 Å². The molecule has 0 amide bonds. The zero-order valence-corrected chi connectivity index (χ0v) is 11.5. The molecule has 1 aliphatic rings. The molecule has 0 aliphatic heterocycles. The molecule has 2 heterocycles. The Morgan fingerprint density at radius 1 is 1.41 bits per heavy atom. The molecule has 2 aromatic rings. The Bertz CT molecular complexity index is 511. The minimum Gasteiger partial charge on any atom is -0.468 e. The molecular weight excluding hydrogens is 300 g/mol. The van der Waals surface area contributed by atoms with E-state index in [4.69, 9.17) is 4.42 Å². The number of halogens is 1. The van der Waals surface area contributed by atoms with Crippen LogP contribution in [0.25, 0.3) is 0 Å². The number of nitrogens with zero attached hydrogens (tertiary/aromatic N) is 2. The van der Waals surface area contributed by atoms with Crippen LogP contribution in [0.2, 0.25) is 0 Å². The van der Waals surface area contributed by atoms with E-state index in [-0.39, 0.29) is 0 Å². The summed E-state index contributed by atoms with van der Waals surface area (Å²) in [5.41, 5.74) is 0. The van der Waals surface area contributed by atoms with Gasteiger partial charge in [-0.1, -0.05) is 11.8 Å². The van der Waals surface area contributed by atoms with Crippen LogP contribution >= 0.6 is 27.7 Å². The van der Waals surface area contributed by atoms with Gasteiger partial charge >= 0.3 is 0 Å². The SMILES string of the molecule is Brc1cc(SCc2ccco2)nc(C2CC2)n1. The third-order valence-electron chi connectivity index (χ3n) is 2.57. The molecule has 0 saturated heterocycles. The molecule has 0 aromatic carbocycles. The van der Waals surface area contributed by atoms with Crippen molar-refractivity contribution in [2.45, 2.75) is 29.5 Å². The van der Waals surface area contributed by atoms with Crippen LogP contribution in [0.1, 0.15) is 30.3 Å². The van der Waals surface area contributed by atoms with E-state index in [2.05, 4.69) is 25.9 Å². The number of rotatable bonds is 4. The Labute approximate surface area is 112 Å². The van der Waals surface area contributed by atoms with Crippen LogP contribution in [0.4, 0.5) is 0 Å². The van der Waals surface area contributed by atoms with E-state index in [0.29, 0.717) is 5.92 Å². The smallest absolute Gasteiger partial charge is 0.134 e. The predicted molar refractivity (Wildman–Crippen MR) is 70.0 cm³/mol. The molecule has 1 saturated carbocycles. The molecule has 1 fully saturated rings. The minimum atomic E-state index is 0.579. The highest BCUT2D eigenvalue weighted by molar-refractivity contribution is 9.10. The first-order chi connectivity index (χ1) is 8.31. The van der Waals surface area contributed by atoms with Crippen LogP contribution in [-0.4, -0.2) is 9.97 Å². The average molecular weight is 311 g/mol. The number of thioether (sulfide) groups is 1. The summed E-state index contributed by atoms with van der Waals surface area (Å²) >= 11 is 5.12. The number of hydrogen-bond donors (Lipinski definition) is 0. The summed E-state index contributed by atoms with van der Waals surface area (Å²) in [6.07, 6.45) is 4.14. The van der Waals surface area contributed by atoms with Gasteiger partial charge in [0, 0.05) is 12.0 Å². The van der Waals surface area contributed by atoms with E-state index in [1.54, 1.807) is 18.0 Å². The van der Waals surface area contributed by atoms with E-state index >= 15 is 0 Å². The van der Waals surface area contributed by atoms with Crippen LogP contribution in [0.5, 0.6) is 0 Å². The predicted octanol–water partition coefficient (Wildman–Crippen LogP) is 4.00. The second-order valence-corrected chi connectivity index (χ2v) is 5.84. The molecule has 0 spiro atoms. The zero-order valence-electron chi connectivity index (χ0n) is 9.10. The van der Waals surface area contributed by atoms with Crippen LogP contribution in [0.3, 0.4) is 0 Å². The fraction of sp³-hybridized carbons (Fsp3) is 0.333. The molecule has 1 aliphatic carbocycles. The van der Waals surface area contributed by atoms with E-state index < -0.39 is 0 Å². The van der Waals surface area contributed by atoms with Gasteiger partial charge in [-0.2, -0.15) is 0 Å². The normalized spacial score (nSPS) is 15.1. The largest absolute Gasteiger partial charge is 0.468 e. The Morgan fingerprint density at radius 2 is 2.29 bits per heavy atom. The lowest BCUT2D eigenvalue weighted by atomic mass is 10.4. The van der Waals surface area contributed by atoms with Crippen LogP contribution < -0.4 is 0 Å². The second-order valence-electron chi connectivity index (χ2n) is 4.03. The van der Waals surface area contributed by atoms with Gasteiger partial charge in [-0.25, -0.2) is 9.97 Å². The molecule has 0 N–H and O–H groups in total. The summed E-state index contributed by atoms with van der Waals surface area (Å²) in [4.78, 5) is 8.98. The maximum Gasteiger partial charge on any atom is 0.134 e. The van der Waals surface area contributed by atoms with Crippen LogP contribution in [0, 0.1) is 0 Å². The molecule has 5 heteroatoms. The second kappa shape index (κ2) is 4.82. The highest BCUT2D eigenvalue weighted by Crippen LogP contribution is 2.39. The third kappa shape index (κ3) is 2.90. The lowest BCUT2D eigenvalue weighted by Gasteiger charge is -2.03. The quantitative estimate of drug-likeness (QED) is 0.632. The van der Waals surface area contributed by atoms with Crippen molar-refractivity contribution in [3.63, 3.8) is 0 Å². The average Bonchev–Trinajstić information content (AvgIpc) is 3.04. The van der Waals surface area contributed by atoms with E-state index in [1.165, 1.54) is 12.8 Å². The summed E-state index contributed by atoms with van der Waals surface area (Å²) in [7, 11) is 0. The first-order valence-electron chi connectivity index (χ1n) is 5.51. The Kier molecular flexibility index (Phi) is 3.20. The van der Waals surface area contributed by atoms with E-state index in [9.17, 15) is 0 Å². The summed E-state index contributed by atoms with van der Waals surface area (Å²) in [5, 5.41) is 1.00. The summed E-state index contributed by atoms with van der Waals surface area (Å²) < 4.78 is 6.17. The molecule has 17 heavy (non-hydrogen) atoms. The lowest BCUT2D eigenvalue weighted by molar-refractivity contribution is 0.530. The van der Waals surface area contributed by atoms with Crippen molar-refractivity contribution >= 4 is 27.7 Å². The van der Waals surface area contributed by atoms with Gasteiger partial charge in [0.1, 0.15) is 21.2 Å². The lowest BCUT2D eigenvalue weighted by Crippen LogP contribution is -1.94. The van der Waals surface area contributed by atoms with E-state index in [1.807, 2.05) is 18.2 Å². The topological polar surface area (TPSA) is 38.9 Å². The van der Waals surface area contributed by atoms with Crippen molar-refractivity contribution in [1.82, 2.24) is 9.97 Å². The molecule has 0 bridgehead atoms. The first-order valence-corrected chi connectivity index (χ1v) is 7.29. The summed E-state index contributed by atoms with van der Waals surface area (Å²) in [6, 6.07) is 5.84. The molecule has 3 rings (SSSR count). The standard InChI is InChI=1S/C12H11BrN2OS/c13-10-6-11(15-12(14-10)8-3-4-8)17-7-9-2-1-5-16-9/h1-2,5-6,8H,3-4,7H2. The number of aromatic nitrogens is 2. The summed E-state index contributed by atoms with van der Waals surface area (Å²) in [6.45, 7) is 0. The van der Waals surface area contributed by atoms with Crippen molar-refractivity contribution < 1.29 is 4.42 Å². The van der Waals surface area contributed by atoms with Crippen molar-refractivity contribution in [2.24, 2.45) is 0 Å². The van der Waals surface area contributed by atoms with Gasteiger partial charge in [-0.3, -0.25) is 0 Å². The van der Waals surface area contributed by atoms with Crippen LogP contribution in [-0.2, 0) is 5.75 Å². The van der Waals surface area contributed by atoms with Gasteiger partial charge in [0.05, 0.1) is 12.0 Å². The third-order valence-corrected chi connectivity index (χ3v) is 3.91. The Morgan fingerprint density at radius 3 is 3.00 bits per heavy atom. The maximum atomic E-state index is 5.30. The zero-order chi connectivity index (χ0) is 11.7. The van der Waals surface area contributed by atoms with Crippen molar-refractivity contribution in [3.05, 3.63) is 40.7 Å². The Hall–Kier alpha value is -0.810. The van der Waals surface area contributed by atoms with Gasteiger partial charge in [-0.05, 0) is 40.9 Å². The fourth-order valence-corrected chi connectivity index (χ4v) is 2.91. The van der Waals surface area contributed by atoms with Gasteiger partial charge in [0.15, 0.2) is 0 Å². The van der Waals surface area contributed by atoms with Crippen molar-refractivity contribution in [1.29, 1.82) is 0 Å². The van der Waals surface area contributed by atoms with Gasteiger partial charge in [0.25, 0.3) is 0 Å². The molecule has 3 nitrogen and oxygen atoms in total. The highest BCUT2D eigenvalue weighted by Gasteiger charge is 2.27.